The van der Waals surface area contributed by atoms with Crippen molar-refractivity contribution in [3.8, 4) is 22.8 Å². The molecule has 2 heterocycles. The highest BCUT2D eigenvalue weighted by Crippen LogP contribution is 2.41. The largest absolute Gasteiger partial charge is 0.493 e. The lowest BCUT2D eigenvalue weighted by molar-refractivity contribution is 0.356. The quantitative estimate of drug-likeness (QED) is 0.725. The number of fused-ring (bicyclic) bond motifs is 1. The first-order valence-electron chi connectivity index (χ1n) is 9.18. The first-order valence-corrected chi connectivity index (χ1v) is 9.18. The van der Waals surface area contributed by atoms with Crippen LogP contribution in [0, 0.1) is 6.92 Å². The predicted octanol–water partition coefficient (Wildman–Crippen LogP) is 4.68. The fourth-order valence-corrected chi connectivity index (χ4v) is 3.81. The number of nitrogens with zero attached hydrogens (tertiary/aromatic N) is 2. The number of para-hydroxylation sites is 1. The number of aromatic nitrogens is 2. The lowest BCUT2D eigenvalue weighted by Crippen LogP contribution is -2.16. The van der Waals surface area contributed by atoms with Crippen LogP contribution in [0.15, 0.2) is 36.5 Å². The number of hydrogen-bond acceptors (Lipinski definition) is 4. The number of imidazole rings is 1. The number of anilines is 1. The van der Waals surface area contributed by atoms with Gasteiger partial charge in [0.1, 0.15) is 17.2 Å². The third kappa shape index (κ3) is 2.87. The fourth-order valence-electron chi connectivity index (χ4n) is 3.81. The lowest BCUT2D eigenvalue weighted by Gasteiger charge is -2.16. The zero-order chi connectivity index (χ0) is 18.1. The molecule has 26 heavy (non-hydrogen) atoms. The minimum absolute atomic E-state index is 0.492. The molecule has 0 aliphatic heterocycles. The number of rotatable bonds is 5. The molecule has 1 aliphatic carbocycles. The van der Waals surface area contributed by atoms with E-state index in [1.54, 1.807) is 14.2 Å². The van der Waals surface area contributed by atoms with Crippen molar-refractivity contribution in [2.45, 2.75) is 38.6 Å². The second kappa shape index (κ2) is 6.90. The van der Waals surface area contributed by atoms with Gasteiger partial charge in [0.25, 0.3) is 0 Å². The summed E-state index contributed by atoms with van der Waals surface area (Å²) in [7, 11) is 3.33. The van der Waals surface area contributed by atoms with Crippen LogP contribution in [-0.2, 0) is 0 Å². The molecule has 0 unspecified atom stereocenters. The summed E-state index contributed by atoms with van der Waals surface area (Å²) in [5.74, 6) is 2.45. The Balaban J connectivity index is 1.91. The minimum Gasteiger partial charge on any atom is -0.493 e. The molecule has 2 aromatic heterocycles. The van der Waals surface area contributed by atoms with E-state index in [1.165, 1.54) is 31.2 Å². The minimum atomic E-state index is 0.492. The van der Waals surface area contributed by atoms with Gasteiger partial charge in [0.05, 0.1) is 14.2 Å². The molecule has 0 saturated heterocycles. The van der Waals surface area contributed by atoms with Crippen LogP contribution in [0.5, 0.6) is 11.5 Å². The van der Waals surface area contributed by atoms with Crippen LogP contribution in [0.1, 0.15) is 31.2 Å². The van der Waals surface area contributed by atoms with Gasteiger partial charge >= 0.3 is 0 Å². The first kappa shape index (κ1) is 16.8. The maximum absolute atomic E-state index is 5.66. The van der Waals surface area contributed by atoms with Gasteiger partial charge in [-0.15, -0.1) is 0 Å². The first-order chi connectivity index (χ1) is 12.7. The Morgan fingerprint density at radius 2 is 1.92 bits per heavy atom. The molecule has 1 aliphatic rings. The maximum atomic E-state index is 5.66. The summed E-state index contributed by atoms with van der Waals surface area (Å²) < 4.78 is 13.3. The standard InChI is InChI=1S/C21H25N3O2/c1-14-11-12-24-18(13-14)23-19(21(24)22-15-7-4-5-8-15)16-9-6-10-17(25-2)20(16)26-3/h6,9-13,15,22H,4-5,7-8H2,1-3H3. The van der Waals surface area contributed by atoms with Crippen LogP contribution in [0.25, 0.3) is 16.9 Å². The third-order valence-electron chi connectivity index (χ3n) is 5.14. The summed E-state index contributed by atoms with van der Waals surface area (Å²) in [6.07, 6.45) is 7.06. The Labute approximate surface area is 154 Å². The van der Waals surface area contributed by atoms with Gasteiger partial charge in [-0.05, 0) is 49.6 Å². The van der Waals surface area contributed by atoms with Crippen molar-refractivity contribution in [1.29, 1.82) is 0 Å². The molecule has 0 spiro atoms. The summed E-state index contributed by atoms with van der Waals surface area (Å²) >= 11 is 0. The Hall–Kier alpha value is -2.69. The number of ether oxygens (including phenoxy) is 2. The van der Waals surface area contributed by atoms with Crippen molar-refractivity contribution in [2.75, 3.05) is 19.5 Å². The van der Waals surface area contributed by atoms with E-state index in [9.17, 15) is 0 Å². The van der Waals surface area contributed by atoms with Gasteiger partial charge in [0.2, 0.25) is 0 Å². The Morgan fingerprint density at radius 3 is 2.65 bits per heavy atom. The maximum Gasteiger partial charge on any atom is 0.170 e. The molecule has 1 N–H and O–H groups in total. The summed E-state index contributed by atoms with van der Waals surface area (Å²) in [5.41, 5.74) is 3.97. The van der Waals surface area contributed by atoms with E-state index in [1.807, 2.05) is 18.2 Å². The van der Waals surface area contributed by atoms with Crippen LogP contribution in [0.4, 0.5) is 5.82 Å². The van der Waals surface area contributed by atoms with Crippen molar-refractivity contribution in [2.24, 2.45) is 0 Å². The molecule has 5 nitrogen and oxygen atoms in total. The topological polar surface area (TPSA) is 47.8 Å². The van der Waals surface area contributed by atoms with Crippen molar-refractivity contribution < 1.29 is 9.47 Å². The Bertz CT molecular complexity index is 926. The molecule has 1 aromatic carbocycles. The molecule has 5 heteroatoms. The van der Waals surface area contributed by atoms with Crippen LogP contribution in [-0.4, -0.2) is 29.6 Å². The highest BCUT2D eigenvalue weighted by molar-refractivity contribution is 5.82. The van der Waals surface area contributed by atoms with Gasteiger partial charge in [-0.2, -0.15) is 0 Å². The van der Waals surface area contributed by atoms with Gasteiger partial charge in [0.15, 0.2) is 11.5 Å². The lowest BCUT2D eigenvalue weighted by atomic mass is 10.1. The van der Waals surface area contributed by atoms with Crippen LogP contribution < -0.4 is 14.8 Å². The number of nitrogens with one attached hydrogen (secondary N) is 1. The van der Waals surface area contributed by atoms with E-state index in [4.69, 9.17) is 14.5 Å². The predicted molar refractivity (Wildman–Crippen MR) is 104 cm³/mol. The Morgan fingerprint density at radius 1 is 1.12 bits per heavy atom. The van der Waals surface area contributed by atoms with E-state index in [0.717, 1.165) is 22.7 Å². The zero-order valence-corrected chi connectivity index (χ0v) is 15.6. The van der Waals surface area contributed by atoms with Gasteiger partial charge in [0, 0.05) is 17.8 Å². The monoisotopic (exact) mass is 351 g/mol. The average Bonchev–Trinajstić information content (AvgIpc) is 3.29. The molecule has 1 fully saturated rings. The van der Waals surface area contributed by atoms with Crippen LogP contribution >= 0.6 is 0 Å². The van der Waals surface area contributed by atoms with Crippen molar-refractivity contribution in [3.63, 3.8) is 0 Å². The van der Waals surface area contributed by atoms with Crippen LogP contribution in [0.3, 0.4) is 0 Å². The molecular formula is C21H25N3O2. The van der Waals surface area contributed by atoms with Gasteiger partial charge < -0.3 is 14.8 Å². The van der Waals surface area contributed by atoms with E-state index in [2.05, 4.69) is 35.0 Å². The molecular weight excluding hydrogens is 326 g/mol. The summed E-state index contributed by atoms with van der Waals surface area (Å²) in [6.45, 7) is 2.09. The van der Waals surface area contributed by atoms with Gasteiger partial charge in [-0.3, -0.25) is 4.40 Å². The number of aryl methyl sites for hydroxylation is 1. The average molecular weight is 351 g/mol. The number of hydrogen-bond donors (Lipinski definition) is 1. The normalized spacial score (nSPS) is 14.7. The second-order valence-electron chi connectivity index (χ2n) is 6.91. The molecule has 0 amide bonds. The fraction of sp³-hybridized carbons (Fsp3) is 0.381. The highest BCUT2D eigenvalue weighted by Gasteiger charge is 2.23. The van der Waals surface area contributed by atoms with Gasteiger partial charge in [-0.1, -0.05) is 18.9 Å². The SMILES string of the molecule is COc1cccc(-c2nc3cc(C)ccn3c2NC2CCCC2)c1OC. The Kier molecular flexibility index (Phi) is 4.45. The summed E-state index contributed by atoms with van der Waals surface area (Å²) in [5, 5.41) is 3.74. The van der Waals surface area contributed by atoms with E-state index in [0.29, 0.717) is 17.5 Å². The van der Waals surface area contributed by atoms with E-state index >= 15 is 0 Å². The smallest absolute Gasteiger partial charge is 0.170 e. The van der Waals surface area contributed by atoms with E-state index < -0.39 is 0 Å². The number of methoxy groups -OCH3 is 2. The molecule has 1 saturated carbocycles. The van der Waals surface area contributed by atoms with Crippen molar-refractivity contribution in [1.82, 2.24) is 9.38 Å². The molecule has 0 bridgehead atoms. The molecule has 4 rings (SSSR count). The third-order valence-corrected chi connectivity index (χ3v) is 5.14. The van der Waals surface area contributed by atoms with Crippen molar-refractivity contribution >= 4 is 11.5 Å². The number of pyridine rings is 1. The number of benzene rings is 1. The van der Waals surface area contributed by atoms with E-state index in [-0.39, 0.29) is 0 Å². The molecule has 0 radical (unpaired) electrons. The van der Waals surface area contributed by atoms with Gasteiger partial charge in [-0.25, -0.2) is 4.98 Å². The summed E-state index contributed by atoms with van der Waals surface area (Å²) in [6, 6.07) is 10.6. The van der Waals surface area contributed by atoms with Crippen molar-refractivity contribution in [3.05, 3.63) is 42.1 Å². The molecule has 3 aromatic rings. The summed E-state index contributed by atoms with van der Waals surface area (Å²) in [4.78, 5) is 4.93. The zero-order valence-electron chi connectivity index (χ0n) is 15.6. The molecule has 0 atom stereocenters. The second-order valence-corrected chi connectivity index (χ2v) is 6.91. The highest BCUT2D eigenvalue weighted by atomic mass is 16.5. The molecule has 136 valence electrons. The van der Waals surface area contributed by atoms with Crippen LogP contribution in [0.2, 0.25) is 0 Å².